The van der Waals surface area contributed by atoms with Gasteiger partial charge in [0, 0.05) is 30.4 Å². The Labute approximate surface area is 166 Å². The van der Waals surface area contributed by atoms with Crippen LogP contribution in [0.2, 0.25) is 0 Å². The van der Waals surface area contributed by atoms with E-state index >= 15 is 0 Å². The molecule has 2 N–H and O–H groups in total. The van der Waals surface area contributed by atoms with Crippen molar-refractivity contribution >= 4 is 23.0 Å². The number of thiocarbonyl (C=S) groups is 1. The molecule has 4 rings (SSSR count). The molecule has 0 radical (unpaired) electrons. The summed E-state index contributed by atoms with van der Waals surface area (Å²) in [6.45, 7) is 1.03. The Hall–Kier alpha value is -2.11. The fourth-order valence-electron chi connectivity index (χ4n) is 4.47. The van der Waals surface area contributed by atoms with Gasteiger partial charge in [-0.2, -0.15) is 0 Å². The number of anilines is 1. The lowest BCUT2D eigenvalue weighted by Crippen LogP contribution is -2.50. The molecule has 2 heterocycles. The topological polar surface area (TPSA) is 36.5 Å². The predicted molar refractivity (Wildman–Crippen MR) is 114 cm³/mol. The highest BCUT2D eigenvalue weighted by molar-refractivity contribution is 7.80. The largest absolute Gasteiger partial charge is 0.497 e. The van der Waals surface area contributed by atoms with Crippen molar-refractivity contribution in [2.24, 2.45) is 0 Å². The molecule has 2 saturated heterocycles. The van der Waals surface area contributed by atoms with Crippen LogP contribution in [0.15, 0.2) is 54.6 Å². The Balaban J connectivity index is 1.32. The first-order chi connectivity index (χ1) is 13.2. The predicted octanol–water partition coefficient (Wildman–Crippen LogP) is 4.18. The molecular formula is C22H27N3OS. The van der Waals surface area contributed by atoms with E-state index in [1.165, 1.54) is 18.4 Å². The lowest BCUT2D eigenvalue weighted by Gasteiger charge is -2.39. The number of hydrogen-bond acceptors (Lipinski definition) is 3. The Morgan fingerprint density at radius 3 is 2.33 bits per heavy atom. The Morgan fingerprint density at radius 2 is 1.70 bits per heavy atom. The van der Waals surface area contributed by atoms with Gasteiger partial charge in [-0.15, -0.1) is 0 Å². The Bertz CT molecular complexity index is 751. The summed E-state index contributed by atoms with van der Waals surface area (Å²) in [4.78, 5) is 2.69. The molecule has 0 saturated carbocycles. The average molecular weight is 382 g/mol. The summed E-state index contributed by atoms with van der Waals surface area (Å²) < 4.78 is 5.27. The second-order valence-corrected chi connectivity index (χ2v) is 7.95. The lowest BCUT2D eigenvalue weighted by atomic mass is 9.96. The zero-order valence-corrected chi connectivity index (χ0v) is 16.5. The second kappa shape index (κ2) is 8.28. The minimum atomic E-state index is 0.457. The number of nitrogens with zero attached hydrogens (tertiary/aromatic N) is 1. The molecule has 2 atom stereocenters. The molecule has 142 valence electrons. The molecule has 4 nitrogen and oxygen atoms in total. The fraction of sp³-hybridized carbons (Fsp3) is 0.409. The maximum atomic E-state index is 5.52. The van der Waals surface area contributed by atoms with Gasteiger partial charge in [0.2, 0.25) is 0 Å². The van der Waals surface area contributed by atoms with Gasteiger partial charge in [-0.25, -0.2) is 0 Å². The van der Waals surface area contributed by atoms with E-state index in [0.717, 1.165) is 35.9 Å². The van der Waals surface area contributed by atoms with Crippen LogP contribution < -0.4 is 15.4 Å². The van der Waals surface area contributed by atoms with Gasteiger partial charge < -0.3 is 15.4 Å². The van der Waals surface area contributed by atoms with Crippen LogP contribution in [0.25, 0.3) is 0 Å². The minimum Gasteiger partial charge on any atom is -0.497 e. The van der Waals surface area contributed by atoms with Crippen LogP contribution in [0.5, 0.6) is 5.75 Å². The number of para-hydroxylation sites is 1. The summed E-state index contributed by atoms with van der Waals surface area (Å²) in [6.07, 6.45) is 4.89. The van der Waals surface area contributed by atoms with Gasteiger partial charge in [-0.3, -0.25) is 4.90 Å². The quantitative estimate of drug-likeness (QED) is 0.760. The summed E-state index contributed by atoms with van der Waals surface area (Å²) in [5.41, 5.74) is 2.40. The van der Waals surface area contributed by atoms with Crippen molar-refractivity contribution in [3.63, 3.8) is 0 Å². The van der Waals surface area contributed by atoms with Crippen molar-refractivity contribution in [2.45, 2.75) is 50.4 Å². The molecule has 2 bridgehead atoms. The van der Waals surface area contributed by atoms with Gasteiger partial charge >= 0.3 is 0 Å². The van der Waals surface area contributed by atoms with Crippen molar-refractivity contribution in [3.05, 3.63) is 60.2 Å². The highest BCUT2D eigenvalue weighted by Gasteiger charge is 2.40. The maximum Gasteiger partial charge on any atom is 0.170 e. The number of piperidine rings is 1. The number of ether oxygens (including phenoxy) is 1. The Kier molecular flexibility index (Phi) is 5.60. The van der Waals surface area contributed by atoms with E-state index < -0.39 is 0 Å². The van der Waals surface area contributed by atoms with Gasteiger partial charge in [0.05, 0.1) is 7.11 Å². The van der Waals surface area contributed by atoms with Gasteiger partial charge in [-0.05, 0) is 67.7 Å². The van der Waals surface area contributed by atoms with Crippen LogP contribution in [0.1, 0.15) is 31.2 Å². The summed E-state index contributed by atoms with van der Waals surface area (Å²) in [5.74, 6) is 0.920. The summed E-state index contributed by atoms with van der Waals surface area (Å²) in [7, 11) is 1.71. The summed E-state index contributed by atoms with van der Waals surface area (Å²) in [5, 5.41) is 7.57. The van der Waals surface area contributed by atoms with Crippen LogP contribution in [0.3, 0.4) is 0 Å². The van der Waals surface area contributed by atoms with E-state index in [0.29, 0.717) is 18.1 Å². The van der Waals surface area contributed by atoms with Crippen molar-refractivity contribution in [1.29, 1.82) is 0 Å². The highest BCUT2D eigenvalue weighted by Crippen LogP contribution is 2.37. The summed E-state index contributed by atoms with van der Waals surface area (Å²) >= 11 is 5.52. The molecule has 0 spiro atoms. The minimum absolute atomic E-state index is 0.457. The molecule has 2 fully saturated rings. The smallest absolute Gasteiger partial charge is 0.170 e. The number of hydrogen-bond donors (Lipinski definition) is 2. The van der Waals surface area contributed by atoms with E-state index in [1.54, 1.807) is 7.11 Å². The van der Waals surface area contributed by atoms with Gasteiger partial charge in [0.25, 0.3) is 0 Å². The van der Waals surface area contributed by atoms with Crippen LogP contribution >= 0.6 is 12.2 Å². The maximum absolute atomic E-state index is 5.52. The number of fused-ring (bicyclic) bond motifs is 2. The van der Waals surface area contributed by atoms with Crippen LogP contribution in [0, 0.1) is 0 Å². The third-order valence-electron chi connectivity index (χ3n) is 5.78. The normalized spacial score (nSPS) is 24.4. The molecule has 5 heteroatoms. The summed E-state index contributed by atoms with van der Waals surface area (Å²) in [6, 6.07) is 20.3. The van der Waals surface area contributed by atoms with E-state index in [2.05, 4.69) is 39.8 Å². The van der Waals surface area contributed by atoms with Crippen LogP contribution in [-0.4, -0.2) is 35.2 Å². The molecule has 0 amide bonds. The molecule has 27 heavy (non-hydrogen) atoms. The van der Waals surface area contributed by atoms with E-state index in [-0.39, 0.29) is 0 Å². The molecule has 0 aromatic heterocycles. The monoisotopic (exact) mass is 381 g/mol. The molecule has 2 aliphatic heterocycles. The Morgan fingerprint density at radius 1 is 1.04 bits per heavy atom. The van der Waals surface area contributed by atoms with E-state index in [9.17, 15) is 0 Å². The van der Waals surface area contributed by atoms with Crippen LogP contribution in [-0.2, 0) is 6.54 Å². The third-order valence-corrected chi connectivity index (χ3v) is 6.00. The second-order valence-electron chi connectivity index (χ2n) is 7.54. The molecule has 2 aliphatic rings. The van der Waals surface area contributed by atoms with Crippen molar-refractivity contribution < 1.29 is 4.74 Å². The molecular weight excluding hydrogens is 354 g/mol. The highest BCUT2D eigenvalue weighted by atomic mass is 32.1. The van der Waals surface area contributed by atoms with Crippen LogP contribution in [0.4, 0.5) is 5.69 Å². The number of benzene rings is 2. The van der Waals surface area contributed by atoms with Gasteiger partial charge in [0.1, 0.15) is 5.75 Å². The first-order valence-electron chi connectivity index (χ1n) is 9.72. The zero-order valence-electron chi connectivity index (χ0n) is 15.7. The zero-order chi connectivity index (χ0) is 18.6. The number of nitrogens with one attached hydrogen (secondary N) is 2. The first-order valence-corrected chi connectivity index (χ1v) is 10.1. The first kappa shape index (κ1) is 18.3. The number of methoxy groups -OCH3 is 1. The van der Waals surface area contributed by atoms with Crippen molar-refractivity contribution in [1.82, 2.24) is 10.2 Å². The van der Waals surface area contributed by atoms with E-state index in [4.69, 9.17) is 17.0 Å². The molecule has 0 aliphatic carbocycles. The van der Waals surface area contributed by atoms with E-state index in [1.807, 2.05) is 30.3 Å². The number of rotatable bonds is 5. The molecule has 0 unspecified atom stereocenters. The third kappa shape index (κ3) is 4.42. The molecule has 2 aromatic rings. The molecule has 2 aromatic carbocycles. The standard InChI is InChI=1S/C22H27N3OS/c1-26-21-11-7-16(8-12-21)15-25-19-9-10-20(25)14-18(13-19)24-22(27)23-17-5-3-2-4-6-17/h2-8,11-12,18-20H,9-10,13-15H2,1H3,(H2,23,24,27)/t19-,20-/m0/s1. The lowest BCUT2D eigenvalue weighted by molar-refractivity contribution is 0.115. The van der Waals surface area contributed by atoms with Crippen molar-refractivity contribution in [3.8, 4) is 5.75 Å². The van der Waals surface area contributed by atoms with Gasteiger partial charge in [-0.1, -0.05) is 30.3 Å². The SMILES string of the molecule is COc1ccc(CN2[C@H]3CC[C@H]2CC(NC(=S)Nc2ccccc2)C3)cc1. The average Bonchev–Trinajstić information content (AvgIpc) is 2.91. The van der Waals surface area contributed by atoms with Gasteiger partial charge in [0.15, 0.2) is 5.11 Å². The van der Waals surface area contributed by atoms with Crippen molar-refractivity contribution in [2.75, 3.05) is 12.4 Å². The fourth-order valence-corrected chi connectivity index (χ4v) is 4.75.